The van der Waals surface area contributed by atoms with Gasteiger partial charge in [0.25, 0.3) is 0 Å². The van der Waals surface area contributed by atoms with Crippen molar-refractivity contribution < 1.29 is 4.79 Å². The van der Waals surface area contributed by atoms with E-state index in [0.717, 1.165) is 13.1 Å². The van der Waals surface area contributed by atoms with Crippen LogP contribution in [-0.4, -0.2) is 54.5 Å². The minimum atomic E-state index is -0.111. The zero-order chi connectivity index (χ0) is 13.3. The molecule has 1 heterocycles. The number of carbonyl (C=O) groups excluding carboxylic acids is 1. The Morgan fingerprint density at radius 1 is 1.28 bits per heavy atom. The predicted molar refractivity (Wildman–Crippen MR) is 73.2 cm³/mol. The number of amides is 1. The summed E-state index contributed by atoms with van der Waals surface area (Å²) in [5.41, 5.74) is 6.03. The molecule has 2 N–H and O–H groups in total. The molecule has 1 saturated heterocycles. The number of rotatable bonds is 2. The Balaban J connectivity index is 2.24. The topological polar surface area (TPSA) is 49.6 Å². The molecule has 104 valence electrons. The van der Waals surface area contributed by atoms with Gasteiger partial charge in [-0.15, -0.1) is 0 Å². The third-order valence-corrected chi connectivity index (χ3v) is 4.35. The van der Waals surface area contributed by atoms with Crippen molar-refractivity contribution in [2.24, 2.45) is 11.1 Å². The van der Waals surface area contributed by atoms with E-state index >= 15 is 0 Å². The highest BCUT2D eigenvalue weighted by Crippen LogP contribution is 2.31. The molecule has 1 atom stereocenters. The number of hydrogen-bond donors (Lipinski definition) is 1. The fourth-order valence-corrected chi connectivity index (χ4v) is 3.63. The van der Waals surface area contributed by atoms with E-state index in [2.05, 4.69) is 18.7 Å². The molecule has 1 aliphatic carbocycles. The second-order valence-electron chi connectivity index (χ2n) is 6.72. The highest BCUT2D eigenvalue weighted by Gasteiger charge is 2.40. The first-order chi connectivity index (χ1) is 8.44. The second-order valence-corrected chi connectivity index (χ2v) is 6.72. The third kappa shape index (κ3) is 2.69. The molecule has 2 fully saturated rings. The quantitative estimate of drug-likeness (QED) is 0.800. The summed E-state index contributed by atoms with van der Waals surface area (Å²) in [4.78, 5) is 16.7. The second kappa shape index (κ2) is 5.17. The average Bonchev–Trinajstić information content (AvgIpc) is 2.77. The van der Waals surface area contributed by atoms with Crippen LogP contribution in [0.3, 0.4) is 0 Å². The highest BCUT2D eigenvalue weighted by atomic mass is 16.2. The maximum atomic E-state index is 12.4. The Morgan fingerprint density at radius 3 is 2.44 bits per heavy atom. The number of nitrogens with two attached hydrogens (primary N) is 1. The van der Waals surface area contributed by atoms with E-state index in [-0.39, 0.29) is 17.4 Å². The monoisotopic (exact) mass is 253 g/mol. The lowest BCUT2D eigenvalue weighted by Gasteiger charge is -2.36. The summed E-state index contributed by atoms with van der Waals surface area (Å²) in [5.74, 6) is 0.204. The maximum absolute atomic E-state index is 12.4. The van der Waals surface area contributed by atoms with E-state index in [1.165, 1.54) is 25.7 Å². The zero-order valence-corrected chi connectivity index (χ0v) is 12.0. The Morgan fingerprint density at radius 2 is 1.89 bits per heavy atom. The molecular formula is C14H27N3O. The Labute approximate surface area is 110 Å². The first kappa shape index (κ1) is 13.8. The van der Waals surface area contributed by atoms with Crippen molar-refractivity contribution in [2.45, 2.75) is 51.6 Å². The maximum Gasteiger partial charge on any atom is 0.241 e. The van der Waals surface area contributed by atoms with Crippen LogP contribution in [-0.2, 0) is 4.79 Å². The molecule has 2 rings (SSSR count). The largest absolute Gasteiger partial charge is 0.344 e. The third-order valence-electron chi connectivity index (χ3n) is 4.35. The summed E-state index contributed by atoms with van der Waals surface area (Å²) in [6.07, 6.45) is 5.04. The Bertz CT molecular complexity index is 310. The van der Waals surface area contributed by atoms with Gasteiger partial charge in [0.1, 0.15) is 6.04 Å². The van der Waals surface area contributed by atoms with Crippen molar-refractivity contribution in [3.8, 4) is 0 Å². The van der Waals surface area contributed by atoms with Gasteiger partial charge in [-0.1, -0.05) is 26.7 Å². The van der Waals surface area contributed by atoms with E-state index in [4.69, 9.17) is 5.73 Å². The average molecular weight is 253 g/mol. The van der Waals surface area contributed by atoms with E-state index in [9.17, 15) is 4.79 Å². The minimum absolute atomic E-state index is 0.111. The van der Waals surface area contributed by atoms with Gasteiger partial charge in [0, 0.05) is 32.7 Å². The number of hydrogen-bond acceptors (Lipinski definition) is 3. The predicted octanol–water partition coefficient (Wildman–Crippen LogP) is 1.06. The SMILES string of the molecule is CN1CC(C)(C)CN(C2CCCC2)C(CN)C1=O. The molecule has 0 spiro atoms. The van der Waals surface area contributed by atoms with Crippen molar-refractivity contribution in [3.05, 3.63) is 0 Å². The summed E-state index contributed by atoms with van der Waals surface area (Å²) in [5, 5.41) is 0. The number of carbonyl (C=O) groups is 1. The molecule has 1 amide bonds. The number of likely N-dealkylation sites (N-methyl/N-ethyl adjacent to an activating group) is 1. The van der Waals surface area contributed by atoms with Crippen molar-refractivity contribution in [2.75, 3.05) is 26.7 Å². The van der Waals surface area contributed by atoms with Gasteiger partial charge in [0.15, 0.2) is 0 Å². The van der Waals surface area contributed by atoms with E-state index < -0.39 is 0 Å². The Kier molecular flexibility index (Phi) is 3.97. The lowest BCUT2D eigenvalue weighted by atomic mass is 9.92. The van der Waals surface area contributed by atoms with Crippen LogP contribution in [0, 0.1) is 5.41 Å². The van der Waals surface area contributed by atoms with Crippen LogP contribution >= 0.6 is 0 Å². The molecule has 18 heavy (non-hydrogen) atoms. The van der Waals surface area contributed by atoms with Crippen LogP contribution in [0.2, 0.25) is 0 Å². The lowest BCUT2D eigenvalue weighted by molar-refractivity contribution is -0.134. The first-order valence-corrected chi connectivity index (χ1v) is 7.15. The molecule has 0 aromatic rings. The summed E-state index contributed by atoms with van der Waals surface area (Å²) in [6.45, 7) is 6.74. The van der Waals surface area contributed by atoms with Gasteiger partial charge in [-0.25, -0.2) is 0 Å². The minimum Gasteiger partial charge on any atom is -0.344 e. The molecule has 4 nitrogen and oxygen atoms in total. The summed E-state index contributed by atoms with van der Waals surface area (Å²) in [7, 11) is 1.91. The fourth-order valence-electron chi connectivity index (χ4n) is 3.63. The Hall–Kier alpha value is -0.610. The summed E-state index contributed by atoms with van der Waals surface area (Å²) in [6, 6.07) is 0.452. The van der Waals surface area contributed by atoms with Gasteiger partial charge in [-0.05, 0) is 18.3 Å². The molecule has 0 aromatic carbocycles. The molecule has 1 saturated carbocycles. The van der Waals surface area contributed by atoms with Crippen molar-refractivity contribution in [1.82, 2.24) is 9.80 Å². The van der Waals surface area contributed by atoms with Crippen LogP contribution in [0.4, 0.5) is 0 Å². The molecule has 0 bridgehead atoms. The van der Waals surface area contributed by atoms with E-state index in [1.54, 1.807) is 0 Å². The molecule has 1 unspecified atom stereocenters. The van der Waals surface area contributed by atoms with Crippen molar-refractivity contribution in [1.29, 1.82) is 0 Å². The molecule has 0 radical (unpaired) electrons. The smallest absolute Gasteiger partial charge is 0.241 e. The van der Waals surface area contributed by atoms with Gasteiger partial charge in [-0.3, -0.25) is 9.69 Å². The molecular weight excluding hydrogens is 226 g/mol. The molecule has 2 aliphatic rings. The number of nitrogens with zero attached hydrogens (tertiary/aromatic N) is 2. The van der Waals surface area contributed by atoms with Crippen LogP contribution in [0.5, 0.6) is 0 Å². The van der Waals surface area contributed by atoms with Crippen LogP contribution < -0.4 is 5.73 Å². The van der Waals surface area contributed by atoms with Crippen LogP contribution in [0.15, 0.2) is 0 Å². The van der Waals surface area contributed by atoms with Gasteiger partial charge in [-0.2, -0.15) is 0 Å². The van der Waals surface area contributed by atoms with Crippen molar-refractivity contribution in [3.63, 3.8) is 0 Å². The van der Waals surface area contributed by atoms with Gasteiger partial charge in [0.05, 0.1) is 0 Å². The van der Waals surface area contributed by atoms with Gasteiger partial charge < -0.3 is 10.6 Å². The zero-order valence-electron chi connectivity index (χ0n) is 12.0. The highest BCUT2D eigenvalue weighted by molar-refractivity contribution is 5.82. The summed E-state index contributed by atoms with van der Waals surface area (Å²) < 4.78 is 0. The van der Waals surface area contributed by atoms with E-state index in [0.29, 0.717) is 12.6 Å². The van der Waals surface area contributed by atoms with Crippen LogP contribution in [0.25, 0.3) is 0 Å². The van der Waals surface area contributed by atoms with Gasteiger partial charge >= 0.3 is 0 Å². The standard InChI is InChI=1S/C14H27N3O/c1-14(2)9-16(3)13(18)12(8-15)17(10-14)11-6-4-5-7-11/h11-12H,4-10,15H2,1-3H3. The van der Waals surface area contributed by atoms with Gasteiger partial charge in [0.2, 0.25) is 5.91 Å². The van der Waals surface area contributed by atoms with Crippen LogP contribution in [0.1, 0.15) is 39.5 Å². The normalized spacial score (nSPS) is 30.8. The molecule has 4 heteroatoms. The first-order valence-electron chi connectivity index (χ1n) is 7.15. The fraction of sp³-hybridized carbons (Fsp3) is 0.929. The molecule has 0 aromatic heterocycles. The molecule has 1 aliphatic heterocycles. The van der Waals surface area contributed by atoms with Crippen molar-refractivity contribution >= 4 is 5.91 Å². The lowest BCUT2D eigenvalue weighted by Crippen LogP contribution is -2.52. The summed E-state index contributed by atoms with van der Waals surface area (Å²) >= 11 is 0. The van der Waals surface area contributed by atoms with E-state index in [1.807, 2.05) is 11.9 Å².